The van der Waals surface area contributed by atoms with E-state index in [-0.39, 0.29) is 5.54 Å². The van der Waals surface area contributed by atoms with Crippen LogP contribution >= 0.6 is 0 Å². The fourth-order valence-corrected chi connectivity index (χ4v) is 3.22. The van der Waals surface area contributed by atoms with Gasteiger partial charge < -0.3 is 4.74 Å². The van der Waals surface area contributed by atoms with Crippen molar-refractivity contribution in [2.24, 2.45) is 11.8 Å². The first-order valence-electron chi connectivity index (χ1n) is 7.91. The molecule has 2 unspecified atom stereocenters. The summed E-state index contributed by atoms with van der Waals surface area (Å²) in [6.07, 6.45) is 4.74. The number of rotatable bonds is 8. The lowest BCUT2D eigenvalue weighted by molar-refractivity contribution is -0.0356. The molecule has 1 saturated heterocycles. The van der Waals surface area contributed by atoms with Crippen LogP contribution in [0.25, 0.3) is 0 Å². The molecule has 4 heteroatoms. The molecule has 0 aliphatic carbocycles. The molecular formula is C15H33N3O. The first-order chi connectivity index (χ1) is 9.12. The Labute approximate surface area is 119 Å². The molecule has 1 heterocycles. The zero-order valence-corrected chi connectivity index (χ0v) is 13.2. The van der Waals surface area contributed by atoms with Crippen LogP contribution < -0.4 is 11.3 Å². The molecule has 0 bridgehead atoms. The fraction of sp³-hybridized carbons (Fsp3) is 1.00. The number of hydrazine groups is 1. The molecule has 0 amide bonds. The quantitative estimate of drug-likeness (QED) is 0.524. The highest BCUT2D eigenvalue weighted by Gasteiger charge is 2.39. The van der Waals surface area contributed by atoms with Crippen molar-refractivity contribution in [3.63, 3.8) is 0 Å². The number of ether oxygens (including phenoxy) is 1. The van der Waals surface area contributed by atoms with Gasteiger partial charge in [-0.05, 0) is 25.7 Å². The van der Waals surface area contributed by atoms with E-state index in [1.54, 1.807) is 0 Å². The molecule has 4 nitrogen and oxygen atoms in total. The number of hydrogen-bond acceptors (Lipinski definition) is 4. The van der Waals surface area contributed by atoms with Gasteiger partial charge in [0.25, 0.3) is 0 Å². The number of nitrogens with zero attached hydrogens (tertiary/aromatic N) is 1. The summed E-state index contributed by atoms with van der Waals surface area (Å²) in [7, 11) is 0. The van der Waals surface area contributed by atoms with E-state index in [9.17, 15) is 0 Å². The van der Waals surface area contributed by atoms with Gasteiger partial charge in [-0.15, -0.1) is 0 Å². The summed E-state index contributed by atoms with van der Waals surface area (Å²) >= 11 is 0. The lowest BCUT2D eigenvalue weighted by Crippen LogP contribution is -2.63. The Bertz CT molecular complexity index is 240. The van der Waals surface area contributed by atoms with Crippen molar-refractivity contribution in [2.45, 2.75) is 65.0 Å². The largest absolute Gasteiger partial charge is 0.379 e. The molecule has 3 N–H and O–H groups in total. The highest BCUT2D eigenvalue weighted by molar-refractivity contribution is 4.97. The van der Waals surface area contributed by atoms with Gasteiger partial charge in [0.1, 0.15) is 0 Å². The second-order valence-corrected chi connectivity index (χ2v) is 5.95. The Kier molecular flexibility index (Phi) is 7.29. The van der Waals surface area contributed by atoms with Crippen LogP contribution in [0.15, 0.2) is 0 Å². The molecule has 0 saturated carbocycles. The van der Waals surface area contributed by atoms with Gasteiger partial charge in [0.05, 0.1) is 13.2 Å². The number of morpholine rings is 1. The van der Waals surface area contributed by atoms with Crippen molar-refractivity contribution in [1.29, 1.82) is 0 Å². The summed E-state index contributed by atoms with van der Waals surface area (Å²) in [4.78, 5) is 2.56. The average Bonchev–Trinajstić information content (AvgIpc) is 2.48. The molecule has 1 rings (SSSR count). The second kappa shape index (κ2) is 8.20. The van der Waals surface area contributed by atoms with Gasteiger partial charge in [-0.25, -0.2) is 0 Å². The first kappa shape index (κ1) is 16.9. The molecule has 1 aliphatic heterocycles. The summed E-state index contributed by atoms with van der Waals surface area (Å²) in [5.74, 6) is 6.65. The number of nitrogens with two attached hydrogens (primary N) is 1. The van der Waals surface area contributed by atoms with Crippen LogP contribution in [0, 0.1) is 5.92 Å². The summed E-state index contributed by atoms with van der Waals surface area (Å²) < 4.78 is 5.48. The minimum absolute atomic E-state index is 0.126. The van der Waals surface area contributed by atoms with E-state index in [1.807, 2.05) is 0 Å². The summed E-state index contributed by atoms with van der Waals surface area (Å²) in [5, 5.41) is 0. The molecule has 0 aromatic rings. The van der Waals surface area contributed by atoms with E-state index in [4.69, 9.17) is 10.6 Å². The molecule has 0 aromatic carbocycles. The third kappa shape index (κ3) is 4.15. The molecule has 114 valence electrons. The Morgan fingerprint density at radius 2 is 1.79 bits per heavy atom. The Balaban J connectivity index is 2.76. The van der Waals surface area contributed by atoms with Crippen molar-refractivity contribution >= 4 is 0 Å². The van der Waals surface area contributed by atoms with Crippen molar-refractivity contribution in [1.82, 2.24) is 10.3 Å². The predicted molar refractivity (Wildman–Crippen MR) is 80.9 cm³/mol. The fourth-order valence-electron chi connectivity index (χ4n) is 3.22. The molecule has 0 spiro atoms. The van der Waals surface area contributed by atoms with Crippen LogP contribution in [-0.2, 0) is 4.74 Å². The highest BCUT2D eigenvalue weighted by Crippen LogP contribution is 2.29. The standard InChI is InChI=1S/C15H33N3O/c1-5-13(6-2)12-14(17-16)15(4,7-3)18-8-10-19-11-9-18/h13-14,17H,5-12,16H2,1-4H3. The topological polar surface area (TPSA) is 50.5 Å². The molecule has 19 heavy (non-hydrogen) atoms. The van der Waals surface area contributed by atoms with Gasteiger partial charge in [-0.1, -0.05) is 33.6 Å². The minimum Gasteiger partial charge on any atom is -0.379 e. The Hall–Kier alpha value is -0.160. The third-order valence-electron chi connectivity index (χ3n) is 5.12. The molecule has 0 aromatic heterocycles. The lowest BCUT2D eigenvalue weighted by atomic mass is 9.80. The maximum Gasteiger partial charge on any atom is 0.0594 e. The van der Waals surface area contributed by atoms with Crippen LogP contribution in [0.1, 0.15) is 53.4 Å². The second-order valence-electron chi connectivity index (χ2n) is 5.95. The van der Waals surface area contributed by atoms with Crippen LogP contribution in [-0.4, -0.2) is 42.8 Å². The van der Waals surface area contributed by atoms with Crippen LogP contribution in [0.3, 0.4) is 0 Å². The predicted octanol–water partition coefficient (Wildman–Crippen LogP) is 2.15. The van der Waals surface area contributed by atoms with E-state index < -0.39 is 0 Å². The average molecular weight is 271 g/mol. The van der Waals surface area contributed by atoms with Gasteiger partial charge in [0, 0.05) is 24.7 Å². The van der Waals surface area contributed by atoms with Crippen molar-refractivity contribution < 1.29 is 4.74 Å². The van der Waals surface area contributed by atoms with Crippen LogP contribution in [0.2, 0.25) is 0 Å². The Morgan fingerprint density at radius 3 is 2.21 bits per heavy atom. The minimum atomic E-state index is 0.126. The monoisotopic (exact) mass is 271 g/mol. The van der Waals surface area contributed by atoms with Gasteiger partial charge in [0.2, 0.25) is 0 Å². The molecule has 1 fully saturated rings. The summed E-state index contributed by atoms with van der Waals surface area (Å²) in [5.41, 5.74) is 3.23. The molecule has 0 radical (unpaired) electrons. The van der Waals surface area contributed by atoms with E-state index in [0.29, 0.717) is 6.04 Å². The van der Waals surface area contributed by atoms with Crippen molar-refractivity contribution in [2.75, 3.05) is 26.3 Å². The van der Waals surface area contributed by atoms with Gasteiger partial charge in [0.15, 0.2) is 0 Å². The van der Waals surface area contributed by atoms with E-state index in [0.717, 1.165) is 45.1 Å². The Morgan fingerprint density at radius 1 is 1.21 bits per heavy atom. The number of hydrogen-bond donors (Lipinski definition) is 2. The SMILES string of the molecule is CCC(CC)CC(NN)C(C)(CC)N1CCOCC1. The zero-order valence-electron chi connectivity index (χ0n) is 13.2. The van der Waals surface area contributed by atoms with Gasteiger partial charge in [-0.2, -0.15) is 0 Å². The number of nitrogens with one attached hydrogen (secondary N) is 1. The van der Waals surface area contributed by atoms with Gasteiger partial charge in [-0.3, -0.25) is 16.2 Å². The maximum absolute atomic E-state index is 5.89. The van der Waals surface area contributed by atoms with Crippen LogP contribution in [0.4, 0.5) is 0 Å². The van der Waals surface area contributed by atoms with Crippen molar-refractivity contribution in [3.8, 4) is 0 Å². The molecule has 2 atom stereocenters. The summed E-state index contributed by atoms with van der Waals surface area (Å²) in [6.45, 7) is 12.9. The maximum atomic E-state index is 5.89. The van der Waals surface area contributed by atoms with Crippen LogP contribution in [0.5, 0.6) is 0 Å². The van der Waals surface area contributed by atoms with E-state index in [1.165, 1.54) is 12.8 Å². The van der Waals surface area contributed by atoms with E-state index in [2.05, 4.69) is 38.0 Å². The van der Waals surface area contributed by atoms with Crippen molar-refractivity contribution in [3.05, 3.63) is 0 Å². The molecular weight excluding hydrogens is 238 g/mol. The zero-order chi connectivity index (χ0) is 14.3. The molecule has 1 aliphatic rings. The lowest BCUT2D eigenvalue weighted by Gasteiger charge is -2.48. The normalized spacial score (nSPS) is 22.4. The first-order valence-corrected chi connectivity index (χ1v) is 7.91. The van der Waals surface area contributed by atoms with Gasteiger partial charge >= 0.3 is 0 Å². The highest BCUT2D eigenvalue weighted by atomic mass is 16.5. The summed E-state index contributed by atoms with van der Waals surface area (Å²) in [6, 6.07) is 0.348. The van der Waals surface area contributed by atoms with E-state index >= 15 is 0 Å². The smallest absolute Gasteiger partial charge is 0.0594 e. The third-order valence-corrected chi connectivity index (χ3v) is 5.12.